The van der Waals surface area contributed by atoms with Gasteiger partial charge in [-0.2, -0.15) is 5.10 Å². The molecule has 9 nitrogen and oxygen atoms in total. The predicted octanol–water partition coefficient (Wildman–Crippen LogP) is 3.69. The fourth-order valence-electron chi connectivity index (χ4n) is 3.30. The average Bonchev–Trinajstić information content (AvgIpc) is 3.54. The SMILES string of the molecule is COCCN(CC(=O)Nc1cc(C)nn1-c1ccc(C)cc1)Cc1nnc(-c2cccs2)o1. The number of rotatable bonds is 10. The molecule has 1 aromatic carbocycles. The molecule has 33 heavy (non-hydrogen) atoms. The van der Waals surface area contributed by atoms with Gasteiger partial charge in [0.15, 0.2) is 0 Å². The fraction of sp³-hybridized carbons (Fsp3) is 0.304. The number of benzene rings is 1. The van der Waals surface area contributed by atoms with Crippen LogP contribution in [0.5, 0.6) is 0 Å². The van der Waals surface area contributed by atoms with Gasteiger partial charge in [0.25, 0.3) is 5.89 Å². The van der Waals surface area contributed by atoms with E-state index in [-0.39, 0.29) is 12.5 Å². The van der Waals surface area contributed by atoms with Crippen LogP contribution in [0.1, 0.15) is 17.1 Å². The summed E-state index contributed by atoms with van der Waals surface area (Å²) in [6.07, 6.45) is 0. The number of carbonyl (C=O) groups excluding carboxylic acids is 1. The number of aromatic nitrogens is 4. The molecule has 1 amide bonds. The number of carbonyl (C=O) groups is 1. The quantitative estimate of drug-likeness (QED) is 0.381. The summed E-state index contributed by atoms with van der Waals surface area (Å²) in [5, 5.41) is 17.7. The van der Waals surface area contributed by atoms with Crippen LogP contribution >= 0.6 is 11.3 Å². The van der Waals surface area contributed by atoms with Gasteiger partial charge >= 0.3 is 0 Å². The molecular formula is C23H26N6O3S. The third-order valence-corrected chi connectivity index (χ3v) is 5.77. The second-order valence-electron chi connectivity index (χ2n) is 7.65. The lowest BCUT2D eigenvalue weighted by Crippen LogP contribution is -2.35. The van der Waals surface area contributed by atoms with Crippen LogP contribution in [0.4, 0.5) is 5.82 Å². The molecule has 0 bridgehead atoms. The summed E-state index contributed by atoms with van der Waals surface area (Å²) in [5.74, 6) is 1.37. The zero-order valence-electron chi connectivity index (χ0n) is 18.8. The summed E-state index contributed by atoms with van der Waals surface area (Å²) >= 11 is 1.53. The highest BCUT2D eigenvalue weighted by Crippen LogP contribution is 2.23. The van der Waals surface area contributed by atoms with Crippen molar-refractivity contribution in [3.8, 4) is 16.5 Å². The van der Waals surface area contributed by atoms with E-state index in [1.807, 2.05) is 66.6 Å². The van der Waals surface area contributed by atoms with Crippen molar-refractivity contribution in [3.63, 3.8) is 0 Å². The number of hydrogen-bond donors (Lipinski definition) is 1. The molecule has 10 heteroatoms. The van der Waals surface area contributed by atoms with Crippen molar-refractivity contribution in [1.82, 2.24) is 24.9 Å². The van der Waals surface area contributed by atoms with Crippen molar-refractivity contribution in [2.75, 3.05) is 32.1 Å². The highest BCUT2D eigenvalue weighted by Gasteiger charge is 2.18. The monoisotopic (exact) mass is 466 g/mol. The lowest BCUT2D eigenvalue weighted by molar-refractivity contribution is -0.117. The smallest absolute Gasteiger partial charge is 0.257 e. The van der Waals surface area contributed by atoms with E-state index in [2.05, 4.69) is 20.6 Å². The van der Waals surface area contributed by atoms with Crippen LogP contribution in [0.15, 0.2) is 52.3 Å². The minimum Gasteiger partial charge on any atom is -0.419 e. The molecule has 0 aliphatic carbocycles. The summed E-state index contributed by atoms with van der Waals surface area (Å²) in [6, 6.07) is 13.7. The van der Waals surface area contributed by atoms with Crippen LogP contribution in [-0.2, 0) is 16.1 Å². The summed E-state index contributed by atoms with van der Waals surface area (Å²) in [7, 11) is 1.63. The molecule has 0 fully saturated rings. The molecule has 4 aromatic rings. The second kappa shape index (κ2) is 10.5. The summed E-state index contributed by atoms with van der Waals surface area (Å²) in [5.41, 5.74) is 2.85. The van der Waals surface area contributed by atoms with Gasteiger partial charge in [-0.05, 0) is 37.4 Å². The van der Waals surface area contributed by atoms with E-state index in [4.69, 9.17) is 9.15 Å². The number of ether oxygens (including phenoxy) is 1. The van der Waals surface area contributed by atoms with E-state index in [9.17, 15) is 4.79 Å². The average molecular weight is 467 g/mol. The molecule has 0 saturated heterocycles. The van der Waals surface area contributed by atoms with Gasteiger partial charge in [-0.25, -0.2) is 4.68 Å². The topological polar surface area (TPSA) is 98.3 Å². The number of hydrogen-bond acceptors (Lipinski definition) is 8. The first kappa shape index (κ1) is 22.8. The number of nitrogens with zero attached hydrogens (tertiary/aromatic N) is 5. The molecule has 172 valence electrons. The van der Waals surface area contributed by atoms with E-state index in [0.29, 0.717) is 37.3 Å². The number of amides is 1. The Morgan fingerprint density at radius 3 is 2.76 bits per heavy atom. The molecule has 3 heterocycles. The molecular weight excluding hydrogens is 440 g/mol. The maximum Gasteiger partial charge on any atom is 0.257 e. The number of nitrogens with one attached hydrogen (secondary N) is 1. The van der Waals surface area contributed by atoms with Crippen molar-refractivity contribution in [2.24, 2.45) is 0 Å². The Kier molecular flexibility index (Phi) is 7.28. The Labute approximate surface area is 196 Å². The minimum absolute atomic E-state index is 0.137. The first-order chi connectivity index (χ1) is 16.0. The van der Waals surface area contributed by atoms with E-state index in [1.165, 1.54) is 11.3 Å². The molecule has 0 aliphatic rings. The normalized spacial score (nSPS) is 11.3. The Balaban J connectivity index is 1.44. The summed E-state index contributed by atoms with van der Waals surface area (Å²) in [4.78, 5) is 15.7. The first-order valence-corrected chi connectivity index (χ1v) is 11.4. The third kappa shape index (κ3) is 5.92. The van der Waals surface area contributed by atoms with E-state index in [1.54, 1.807) is 11.8 Å². The Morgan fingerprint density at radius 2 is 2.03 bits per heavy atom. The molecule has 4 rings (SSSR count). The van der Waals surface area contributed by atoms with Gasteiger partial charge < -0.3 is 14.5 Å². The zero-order valence-corrected chi connectivity index (χ0v) is 19.6. The number of methoxy groups -OCH3 is 1. The third-order valence-electron chi connectivity index (χ3n) is 4.91. The Morgan fingerprint density at radius 1 is 1.21 bits per heavy atom. The largest absolute Gasteiger partial charge is 0.419 e. The standard InChI is InChI=1S/C23H26N6O3S/c1-16-6-8-18(9-7-16)29-20(13-17(2)27-29)24-21(30)14-28(10-11-31-3)15-22-25-26-23(32-22)19-5-4-12-33-19/h4-9,12-13H,10-11,14-15H2,1-3H3,(H,24,30). The van der Waals surface area contributed by atoms with Crippen LogP contribution in [0.25, 0.3) is 16.5 Å². The van der Waals surface area contributed by atoms with Gasteiger partial charge in [-0.15, -0.1) is 21.5 Å². The summed E-state index contributed by atoms with van der Waals surface area (Å²) in [6.45, 7) is 5.41. The molecule has 0 aliphatic heterocycles. The predicted molar refractivity (Wildman–Crippen MR) is 126 cm³/mol. The molecule has 0 unspecified atom stereocenters. The van der Waals surface area contributed by atoms with Crippen LogP contribution < -0.4 is 5.32 Å². The Hall–Kier alpha value is -3.34. The zero-order chi connectivity index (χ0) is 23.2. The lowest BCUT2D eigenvalue weighted by Gasteiger charge is -2.19. The van der Waals surface area contributed by atoms with Gasteiger partial charge in [-0.1, -0.05) is 23.8 Å². The maximum absolute atomic E-state index is 12.9. The number of thiophene rings is 1. The van der Waals surface area contributed by atoms with Gasteiger partial charge in [0.1, 0.15) is 5.82 Å². The molecule has 0 spiro atoms. The van der Waals surface area contributed by atoms with E-state index in [0.717, 1.165) is 21.8 Å². The van der Waals surface area contributed by atoms with Crippen LogP contribution in [-0.4, -0.2) is 57.6 Å². The van der Waals surface area contributed by atoms with Gasteiger partial charge in [0.05, 0.1) is 36.0 Å². The molecule has 3 aromatic heterocycles. The van der Waals surface area contributed by atoms with Gasteiger partial charge in [0.2, 0.25) is 11.8 Å². The van der Waals surface area contributed by atoms with Crippen LogP contribution in [0.3, 0.4) is 0 Å². The molecule has 0 radical (unpaired) electrons. The highest BCUT2D eigenvalue weighted by atomic mass is 32.1. The fourth-order valence-corrected chi connectivity index (χ4v) is 3.94. The van der Waals surface area contributed by atoms with Gasteiger partial charge in [-0.3, -0.25) is 9.69 Å². The van der Waals surface area contributed by atoms with Crippen LogP contribution in [0, 0.1) is 13.8 Å². The van der Waals surface area contributed by atoms with Crippen molar-refractivity contribution < 1.29 is 13.9 Å². The van der Waals surface area contributed by atoms with Crippen molar-refractivity contribution >= 4 is 23.1 Å². The molecule has 1 N–H and O–H groups in total. The van der Waals surface area contributed by atoms with Crippen molar-refractivity contribution in [3.05, 3.63) is 65.0 Å². The first-order valence-electron chi connectivity index (χ1n) is 10.5. The van der Waals surface area contributed by atoms with E-state index >= 15 is 0 Å². The Bertz CT molecular complexity index is 1180. The maximum atomic E-state index is 12.9. The van der Waals surface area contributed by atoms with Gasteiger partial charge in [0, 0.05) is 19.7 Å². The number of anilines is 1. The van der Waals surface area contributed by atoms with Crippen molar-refractivity contribution in [2.45, 2.75) is 20.4 Å². The lowest BCUT2D eigenvalue weighted by atomic mass is 10.2. The molecule has 0 atom stereocenters. The molecule has 0 saturated carbocycles. The van der Waals surface area contributed by atoms with Crippen LogP contribution in [0.2, 0.25) is 0 Å². The minimum atomic E-state index is -0.169. The summed E-state index contributed by atoms with van der Waals surface area (Å²) < 4.78 is 12.7. The van der Waals surface area contributed by atoms with E-state index < -0.39 is 0 Å². The number of aryl methyl sites for hydroxylation is 2. The highest BCUT2D eigenvalue weighted by molar-refractivity contribution is 7.13. The second-order valence-corrected chi connectivity index (χ2v) is 8.60. The van der Waals surface area contributed by atoms with Crippen molar-refractivity contribution in [1.29, 1.82) is 0 Å².